The lowest BCUT2D eigenvalue weighted by atomic mass is 10.2. The van der Waals surface area contributed by atoms with Crippen LogP contribution in [0.25, 0.3) is 0 Å². The van der Waals surface area contributed by atoms with Crippen molar-refractivity contribution in [3.63, 3.8) is 0 Å². The summed E-state index contributed by atoms with van der Waals surface area (Å²) in [6.45, 7) is 0.507. The van der Waals surface area contributed by atoms with Gasteiger partial charge in [0, 0.05) is 7.11 Å². The zero-order valence-corrected chi connectivity index (χ0v) is 6.04. The molecule has 60 valence electrons. The maximum Gasteiger partial charge on any atom is 0.332 e. The molecule has 1 unspecified atom stereocenters. The van der Waals surface area contributed by atoms with Crippen LogP contribution in [0.2, 0.25) is 0 Å². The number of carbonyl (C=O) groups is 1. The summed E-state index contributed by atoms with van der Waals surface area (Å²) in [5, 5.41) is 8.43. The fraction of sp³-hybridized carbons (Fsp3) is 0.833. The van der Waals surface area contributed by atoms with E-state index in [4.69, 9.17) is 10.8 Å². The minimum Gasteiger partial charge on any atom is -0.479 e. The van der Waals surface area contributed by atoms with Crippen molar-refractivity contribution in [2.24, 2.45) is 5.73 Å². The molecular formula is C6H13NO3. The summed E-state index contributed by atoms with van der Waals surface area (Å²) in [4.78, 5) is 10.3. The number of nitrogens with two attached hydrogens (primary N) is 1. The smallest absolute Gasteiger partial charge is 0.332 e. The van der Waals surface area contributed by atoms with Crippen LogP contribution in [0.3, 0.4) is 0 Å². The lowest BCUT2D eigenvalue weighted by Crippen LogP contribution is -2.23. The normalized spacial score (nSPS) is 13.0. The van der Waals surface area contributed by atoms with Gasteiger partial charge in [-0.15, -0.1) is 0 Å². The Morgan fingerprint density at radius 2 is 2.40 bits per heavy atom. The van der Waals surface area contributed by atoms with E-state index in [1.165, 1.54) is 7.11 Å². The van der Waals surface area contributed by atoms with E-state index in [-0.39, 0.29) is 0 Å². The van der Waals surface area contributed by atoms with Gasteiger partial charge in [0.05, 0.1) is 0 Å². The third-order valence-electron chi connectivity index (χ3n) is 1.23. The summed E-state index contributed by atoms with van der Waals surface area (Å²) < 4.78 is 4.66. The summed E-state index contributed by atoms with van der Waals surface area (Å²) in [5.41, 5.74) is 5.18. The SMILES string of the molecule is COC(CCCN)C(=O)O. The topological polar surface area (TPSA) is 72.5 Å². The average molecular weight is 147 g/mol. The fourth-order valence-electron chi connectivity index (χ4n) is 0.645. The van der Waals surface area contributed by atoms with Gasteiger partial charge in [-0.2, -0.15) is 0 Å². The highest BCUT2D eigenvalue weighted by atomic mass is 16.5. The number of ether oxygens (including phenoxy) is 1. The number of hydrogen-bond donors (Lipinski definition) is 2. The van der Waals surface area contributed by atoms with E-state index in [1.807, 2.05) is 0 Å². The molecule has 0 heterocycles. The zero-order valence-electron chi connectivity index (χ0n) is 6.04. The third kappa shape index (κ3) is 3.42. The van der Waals surface area contributed by atoms with Gasteiger partial charge in [-0.1, -0.05) is 0 Å². The van der Waals surface area contributed by atoms with Crippen molar-refractivity contribution in [1.29, 1.82) is 0 Å². The van der Waals surface area contributed by atoms with Crippen LogP contribution < -0.4 is 5.73 Å². The average Bonchev–Trinajstić information content (AvgIpc) is 1.89. The highest BCUT2D eigenvalue weighted by molar-refractivity contribution is 5.72. The molecule has 0 aliphatic heterocycles. The molecule has 1 atom stereocenters. The first-order valence-electron chi connectivity index (χ1n) is 3.18. The van der Waals surface area contributed by atoms with Gasteiger partial charge in [0.25, 0.3) is 0 Å². The molecule has 0 spiro atoms. The summed E-state index contributed by atoms with van der Waals surface area (Å²) in [6, 6.07) is 0. The number of carboxylic acids is 1. The van der Waals surface area contributed by atoms with Crippen molar-refractivity contribution in [2.75, 3.05) is 13.7 Å². The molecule has 0 radical (unpaired) electrons. The first-order chi connectivity index (χ1) is 4.72. The predicted octanol–water partition coefficient (Wildman–Crippen LogP) is -0.175. The van der Waals surface area contributed by atoms with E-state index in [0.29, 0.717) is 19.4 Å². The maximum absolute atomic E-state index is 10.3. The van der Waals surface area contributed by atoms with Gasteiger partial charge in [-0.05, 0) is 19.4 Å². The largest absolute Gasteiger partial charge is 0.479 e. The summed E-state index contributed by atoms with van der Waals surface area (Å²) in [7, 11) is 1.38. The first-order valence-corrected chi connectivity index (χ1v) is 3.18. The summed E-state index contributed by atoms with van der Waals surface area (Å²) in [5.74, 6) is -0.920. The van der Waals surface area contributed by atoms with Crippen LogP contribution in [0.1, 0.15) is 12.8 Å². The van der Waals surface area contributed by atoms with Crippen LogP contribution in [0.4, 0.5) is 0 Å². The zero-order chi connectivity index (χ0) is 7.98. The van der Waals surface area contributed by atoms with Crippen molar-refractivity contribution in [3.8, 4) is 0 Å². The minimum absolute atomic E-state index is 0.488. The Kier molecular flexibility index (Phi) is 4.88. The number of rotatable bonds is 5. The molecule has 0 aliphatic rings. The Bertz CT molecular complexity index is 105. The van der Waals surface area contributed by atoms with Crippen molar-refractivity contribution in [3.05, 3.63) is 0 Å². The minimum atomic E-state index is -0.920. The van der Waals surface area contributed by atoms with Crippen LogP contribution in [0.5, 0.6) is 0 Å². The molecular weight excluding hydrogens is 134 g/mol. The second-order valence-electron chi connectivity index (χ2n) is 1.99. The quantitative estimate of drug-likeness (QED) is 0.566. The molecule has 0 amide bonds. The van der Waals surface area contributed by atoms with Gasteiger partial charge >= 0.3 is 5.97 Å². The summed E-state index contributed by atoms with van der Waals surface area (Å²) >= 11 is 0. The molecule has 0 saturated heterocycles. The number of methoxy groups -OCH3 is 1. The van der Waals surface area contributed by atoms with Crippen molar-refractivity contribution >= 4 is 5.97 Å². The molecule has 4 nitrogen and oxygen atoms in total. The van der Waals surface area contributed by atoms with E-state index >= 15 is 0 Å². The number of aliphatic carboxylic acids is 1. The molecule has 0 aliphatic carbocycles. The number of hydrogen-bond acceptors (Lipinski definition) is 3. The Hall–Kier alpha value is -0.610. The molecule has 0 fully saturated rings. The van der Waals surface area contributed by atoms with Crippen molar-refractivity contribution in [2.45, 2.75) is 18.9 Å². The molecule has 0 aromatic heterocycles. The maximum atomic E-state index is 10.3. The molecule has 4 heteroatoms. The van der Waals surface area contributed by atoms with Crippen molar-refractivity contribution < 1.29 is 14.6 Å². The van der Waals surface area contributed by atoms with Crippen molar-refractivity contribution in [1.82, 2.24) is 0 Å². The van der Waals surface area contributed by atoms with Gasteiger partial charge in [0.1, 0.15) is 0 Å². The highest BCUT2D eigenvalue weighted by Gasteiger charge is 2.14. The molecule has 0 saturated carbocycles. The second kappa shape index (κ2) is 5.20. The first kappa shape index (κ1) is 9.39. The Balaban J connectivity index is 3.50. The van der Waals surface area contributed by atoms with Gasteiger partial charge in [0.15, 0.2) is 6.10 Å². The van der Waals surface area contributed by atoms with E-state index in [0.717, 1.165) is 0 Å². The highest BCUT2D eigenvalue weighted by Crippen LogP contribution is 1.99. The van der Waals surface area contributed by atoms with Crippen LogP contribution in [0.15, 0.2) is 0 Å². The Morgan fingerprint density at radius 3 is 2.70 bits per heavy atom. The van der Waals surface area contributed by atoms with Crippen LogP contribution >= 0.6 is 0 Å². The molecule has 0 aromatic carbocycles. The summed E-state index contributed by atoms with van der Waals surface area (Å²) in [6.07, 6.45) is 0.483. The molecule has 0 rings (SSSR count). The van der Waals surface area contributed by atoms with Crippen LogP contribution in [0, 0.1) is 0 Å². The molecule has 10 heavy (non-hydrogen) atoms. The molecule has 0 aromatic rings. The molecule has 3 N–H and O–H groups in total. The fourth-order valence-corrected chi connectivity index (χ4v) is 0.645. The van der Waals surface area contributed by atoms with E-state index in [2.05, 4.69) is 4.74 Å². The van der Waals surface area contributed by atoms with Gasteiger partial charge in [0.2, 0.25) is 0 Å². The monoisotopic (exact) mass is 147 g/mol. The van der Waals surface area contributed by atoms with E-state index < -0.39 is 12.1 Å². The van der Waals surface area contributed by atoms with Crippen LogP contribution in [-0.4, -0.2) is 30.8 Å². The Labute approximate surface area is 60.0 Å². The lowest BCUT2D eigenvalue weighted by Gasteiger charge is -2.07. The number of carboxylic acid groups (broad SMARTS) is 1. The van der Waals surface area contributed by atoms with Crippen LogP contribution in [-0.2, 0) is 9.53 Å². The van der Waals surface area contributed by atoms with Gasteiger partial charge in [-0.25, -0.2) is 4.79 Å². The third-order valence-corrected chi connectivity index (χ3v) is 1.23. The van der Waals surface area contributed by atoms with E-state index in [9.17, 15) is 4.79 Å². The second-order valence-corrected chi connectivity index (χ2v) is 1.99. The predicted molar refractivity (Wildman–Crippen MR) is 36.7 cm³/mol. The van der Waals surface area contributed by atoms with Gasteiger partial charge in [-0.3, -0.25) is 0 Å². The van der Waals surface area contributed by atoms with E-state index in [1.54, 1.807) is 0 Å². The van der Waals surface area contributed by atoms with Gasteiger partial charge < -0.3 is 15.6 Å². The standard InChI is InChI=1S/C6H13NO3/c1-10-5(6(8)9)3-2-4-7/h5H,2-4,7H2,1H3,(H,8,9). The lowest BCUT2D eigenvalue weighted by molar-refractivity contribution is -0.148. The Morgan fingerprint density at radius 1 is 1.80 bits per heavy atom. The molecule has 0 bridgehead atoms.